The van der Waals surface area contributed by atoms with E-state index in [4.69, 9.17) is 11.6 Å². The van der Waals surface area contributed by atoms with Crippen LogP contribution in [0.3, 0.4) is 0 Å². The zero-order chi connectivity index (χ0) is 29.3. The molecule has 1 N–H and O–H groups in total. The summed E-state index contributed by atoms with van der Waals surface area (Å²) in [4.78, 5) is 41.7. The molecule has 0 spiro atoms. The van der Waals surface area contributed by atoms with Crippen molar-refractivity contribution in [1.82, 2.24) is 25.1 Å². The lowest BCUT2D eigenvalue weighted by molar-refractivity contribution is -0.136. The van der Waals surface area contributed by atoms with Gasteiger partial charge in [0.15, 0.2) is 5.82 Å². The first-order valence-electron chi connectivity index (χ1n) is 12.3. The van der Waals surface area contributed by atoms with Crippen LogP contribution in [0.2, 0.25) is 5.02 Å². The van der Waals surface area contributed by atoms with Crippen molar-refractivity contribution in [3.05, 3.63) is 105 Å². The summed E-state index contributed by atoms with van der Waals surface area (Å²) >= 11 is 9.57. The highest BCUT2D eigenvalue weighted by atomic mass is 79.9. The van der Waals surface area contributed by atoms with E-state index in [-0.39, 0.29) is 28.4 Å². The molecule has 1 aliphatic rings. The van der Waals surface area contributed by atoms with E-state index in [1.807, 2.05) is 6.07 Å². The fourth-order valence-electron chi connectivity index (χ4n) is 4.70. The number of benzene rings is 3. The van der Waals surface area contributed by atoms with Gasteiger partial charge in [-0.2, -0.15) is 4.68 Å². The van der Waals surface area contributed by atoms with Crippen molar-refractivity contribution in [2.75, 3.05) is 18.5 Å². The number of carbonyl (C=O) groups is 3. The number of aromatic nitrogens is 4. The van der Waals surface area contributed by atoms with Crippen LogP contribution in [0, 0.1) is 5.82 Å². The molecule has 2 heterocycles. The Labute approximate surface area is 246 Å². The molecular formula is C28H21BrClFN6O4. The number of anilines is 1. The fraction of sp³-hybridized carbons (Fsp3) is 0.143. The van der Waals surface area contributed by atoms with Gasteiger partial charge in [0.2, 0.25) is 5.91 Å². The predicted octanol–water partition coefficient (Wildman–Crippen LogP) is 4.72. The molecule has 1 aliphatic heterocycles. The van der Waals surface area contributed by atoms with Crippen molar-refractivity contribution < 1.29 is 23.9 Å². The highest BCUT2D eigenvalue weighted by Gasteiger charge is 2.38. The number of rotatable bonds is 6. The van der Waals surface area contributed by atoms with Crippen LogP contribution in [0.25, 0.3) is 11.8 Å². The van der Waals surface area contributed by atoms with Crippen molar-refractivity contribution >= 4 is 57.1 Å². The van der Waals surface area contributed by atoms with E-state index in [1.165, 1.54) is 69.4 Å². The molecule has 41 heavy (non-hydrogen) atoms. The van der Waals surface area contributed by atoms with Crippen molar-refractivity contribution in [3.8, 4) is 5.69 Å². The Morgan fingerprint density at radius 2 is 1.90 bits per heavy atom. The second kappa shape index (κ2) is 11.6. The van der Waals surface area contributed by atoms with Gasteiger partial charge in [0.25, 0.3) is 5.91 Å². The van der Waals surface area contributed by atoms with Gasteiger partial charge in [0.05, 0.1) is 16.3 Å². The molecule has 0 fully saturated rings. The van der Waals surface area contributed by atoms with E-state index < -0.39 is 29.6 Å². The van der Waals surface area contributed by atoms with Crippen LogP contribution >= 0.6 is 27.5 Å². The Hall–Kier alpha value is -4.42. The van der Waals surface area contributed by atoms with Crippen molar-refractivity contribution in [1.29, 1.82) is 0 Å². The van der Waals surface area contributed by atoms with Crippen LogP contribution in [0.15, 0.2) is 71.5 Å². The van der Waals surface area contributed by atoms with Gasteiger partial charge in [-0.05, 0) is 76.5 Å². The van der Waals surface area contributed by atoms with Crippen LogP contribution in [-0.4, -0.2) is 61.6 Å². The van der Waals surface area contributed by atoms with Crippen LogP contribution in [-0.2, 0) is 16.0 Å². The summed E-state index contributed by atoms with van der Waals surface area (Å²) in [7, 11) is 1.56. The Kier molecular flexibility index (Phi) is 7.95. The monoisotopic (exact) mass is 638 g/mol. The molecule has 208 valence electrons. The third kappa shape index (κ3) is 5.48. The minimum atomic E-state index is -1.08. The largest absolute Gasteiger partial charge is 0.478 e. The number of halogens is 3. The Bertz CT molecular complexity index is 1680. The maximum Gasteiger partial charge on any atom is 0.335 e. The first-order valence-corrected chi connectivity index (χ1v) is 13.4. The van der Waals surface area contributed by atoms with Crippen LogP contribution in [0.4, 0.5) is 10.1 Å². The number of likely N-dealkylation sites (N-methyl/N-ethyl adjacent to an activating group) is 1. The van der Waals surface area contributed by atoms with E-state index in [2.05, 4.69) is 31.5 Å². The average molecular weight is 640 g/mol. The Morgan fingerprint density at radius 1 is 1.15 bits per heavy atom. The first kappa shape index (κ1) is 28.1. The number of hydrogen-bond acceptors (Lipinski definition) is 6. The number of amides is 2. The number of hydrogen-bond donors (Lipinski definition) is 1. The van der Waals surface area contributed by atoms with Gasteiger partial charge in [-0.15, -0.1) is 5.10 Å². The van der Waals surface area contributed by atoms with Gasteiger partial charge < -0.3 is 14.9 Å². The molecule has 3 aromatic carbocycles. The summed E-state index contributed by atoms with van der Waals surface area (Å²) in [6.45, 7) is 0.221. The number of carboxylic acids is 1. The number of tetrazole rings is 1. The summed E-state index contributed by atoms with van der Waals surface area (Å²) in [6.07, 6.45) is 4.24. The van der Waals surface area contributed by atoms with E-state index >= 15 is 4.39 Å². The van der Waals surface area contributed by atoms with E-state index in [1.54, 1.807) is 19.2 Å². The normalized spacial score (nSPS) is 14.6. The van der Waals surface area contributed by atoms with Gasteiger partial charge in [0, 0.05) is 35.4 Å². The highest BCUT2D eigenvalue weighted by molar-refractivity contribution is 9.10. The molecule has 0 saturated heterocycles. The minimum absolute atomic E-state index is 0.00295. The molecule has 1 unspecified atom stereocenters. The van der Waals surface area contributed by atoms with Crippen LogP contribution < -0.4 is 4.90 Å². The number of carbonyl (C=O) groups excluding carboxylic acids is 2. The first-order chi connectivity index (χ1) is 19.7. The van der Waals surface area contributed by atoms with Crippen molar-refractivity contribution in [2.24, 2.45) is 0 Å². The second-order valence-corrected chi connectivity index (χ2v) is 10.4. The third-order valence-corrected chi connectivity index (χ3v) is 7.85. The molecule has 4 aromatic rings. The van der Waals surface area contributed by atoms with Crippen LogP contribution in [0.1, 0.15) is 33.1 Å². The number of nitrogens with zero attached hydrogens (tertiary/aromatic N) is 6. The predicted molar refractivity (Wildman–Crippen MR) is 152 cm³/mol. The molecular weight excluding hydrogens is 619 g/mol. The molecule has 1 atom stereocenters. The topological polar surface area (TPSA) is 122 Å². The molecule has 0 bridgehead atoms. The molecule has 0 radical (unpaired) electrons. The van der Waals surface area contributed by atoms with Crippen LogP contribution in [0.5, 0.6) is 0 Å². The lowest BCUT2D eigenvalue weighted by atomic mass is 9.91. The second-order valence-electron chi connectivity index (χ2n) is 9.12. The summed E-state index contributed by atoms with van der Waals surface area (Å²) in [6, 6.07) is 13.2. The zero-order valence-corrected chi connectivity index (χ0v) is 23.8. The molecule has 0 saturated carbocycles. The summed E-state index contributed by atoms with van der Waals surface area (Å²) in [5.41, 5.74) is 2.35. The summed E-state index contributed by atoms with van der Waals surface area (Å²) < 4.78 is 17.1. The molecule has 5 rings (SSSR count). The average Bonchev–Trinajstić information content (AvgIpc) is 3.51. The molecule has 13 heteroatoms. The minimum Gasteiger partial charge on any atom is -0.478 e. The van der Waals surface area contributed by atoms with E-state index in [9.17, 15) is 19.5 Å². The highest BCUT2D eigenvalue weighted by Crippen LogP contribution is 2.36. The lowest BCUT2D eigenvalue weighted by Gasteiger charge is -2.38. The number of carboxylic acid groups (broad SMARTS) is 1. The molecule has 2 amide bonds. The van der Waals surface area contributed by atoms with Gasteiger partial charge >= 0.3 is 5.97 Å². The summed E-state index contributed by atoms with van der Waals surface area (Å²) in [5, 5.41) is 20.0. The smallest absolute Gasteiger partial charge is 0.335 e. The number of fused-ring (bicyclic) bond motifs is 1. The van der Waals surface area contributed by atoms with Gasteiger partial charge in [-0.25, -0.2) is 9.18 Å². The maximum atomic E-state index is 15.1. The maximum absolute atomic E-state index is 15.1. The van der Waals surface area contributed by atoms with Gasteiger partial charge in [-0.3, -0.25) is 9.59 Å². The Morgan fingerprint density at radius 3 is 2.59 bits per heavy atom. The zero-order valence-electron chi connectivity index (χ0n) is 21.4. The molecule has 1 aromatic heterocycles. The SMILES string of the molecule is CN(C(=O)C1c2cccc(Br)c2CCN1C(=O)/C=C/c1c(-n2cnnn2)ccc(Cl)c1F)c1ccc(C(=O)O)cc1. The lowest BCUT2D eigenvalue weighted by Crippen LogP contribution is -2.47. The number of aromatic carboxylic acids is 1. The standard InChI is InChI=1S/C28H21BrClFN6O4/c1-35(17-7-5-16(6-8-17)28(40)41)27(39)26-19-3-2-4-21(29)18(19)13-14-36(26)24(38)12-9-20-23(37-15-32-33-34-37)11-10-22(30)25(20)31/h2-12,15,26H,13-14H2,1H3,(H,40,41)/b12-9+. The Balaban J connectivity index is 1.51. The fourth-order valence-corrected chi connectivity index (χ4v) is 5.45. The molecule has 10 nitrogen and oxygen atoms in total. The van der Waals surface area contributed by atoms with E-state index in [0.29, 0.717) is 17.7 Å². The third-order valence-electron chi connectivity index (χ3n) is 6.81. The van der Waals surface area contributed by atoms with E-state index in [0.717, 1.165) is 10.0 Å². The quantitative estimate of drug-likeness (QED) is 0.303. The van der Waals surface area contributed by atoms with Gasteiger partial charge in [-0.1, -0.05) is 39.7 Å². The van der Waals surface area contributed by atoms with Crippen molar-refractivity contribution in [2.45, 2.75) is 12.5 Å². The summed E-state index contributed by atoms with van der Waals surface area (Å²) in [5.74, 6) is -2.77. The van der Waals surface area contributed by atoms with Crippen molar-refractivity contribution in [3.63, 3.8) is 0 Å². The van der Waals surface area contributed by atoms with Gasteiger partial charge in [0.1, 0.15) is 12.4 Å². The molecule has 0 aliphatic carbocycles.